The second kappa shape index (κ2) is 5.93. The van der Waals surface area contributed by atoms with Gasteiger partial charge in [0.2, 0.25) is 0 Å². The van der Waals surface area contributed by atoms with Gasteiger partial charge in [0.1, 0.15) is 12.2 Å². The molecule has 12 heteroatoms. The van der Waals surface area contributed by atoms with Crippen LogP contribution in [0.5, 0.6) is 0 Å². The zero-order valence-corrected chi connectivity index (χ0v) is 13.0. The van der Waals surface area contributed by atoms with Gasteiger partial charge >= 0.3 is 12.4 Å². The van der Waals surface area contributed by atoms with Gasteiger partial charge in [0.15, 0.2) is 11.9 Å². The van der Waals surface area contributed by atoms with Gasteiger partial charge in [0.05, 0.1) is 6.61 Å². The van der Waals surface area contributed by atoms with Crippen molar-refractivity contribution in [1.29, 1.82) is 0 Å². The first-order valence-corrected chi connectivity index (χ1v) is 8.69. The van der Waals surface area contributed by atoms with Crippen molar-refractivity contribution in [2.75, 3.05) is 6.61 Å². The number of ether oxygens (including phenoxy) is 1. The number of alkyl halides is 1. The van der Waals surface area contributed by atoms with Crippen LogP contribution in [-0.4, -0.2) is 48.9 Å². The summed E-state index contributed by atoms with van der Waals surface area (Å²) in [6, 6.07) is 0.992. The van der Waals surface area contributed by atoms with Gasteiger partial charge in [-0.05, 0) is 18.7 Å². The van der Waals surface area contributed by atoms with Crippen LogP contribution in [0.15, 0.2) is 21.9 Å². The van der Waals surface area contributed by atoms with E-state index in [2.05, 4.69) is 11.8 Å². The summed E-state index contributed by atoms with van der Waals surface area (Å²) in [5.74, 6) is 0. The second-order valence-corrected chi connectivity index (χ2v) is 7.51. The van der Waals surface area contributed by atoms with Gasteiger partial charge in [0.25, 0.3) is 5.56 Å². The molecule has 0 unspecified atom stereocenters. The highest BCUT2D eigenvalue weighted by atomic mass is 32.5. The summed E-state index contributed by atoms with van der Waals surface area (Å²) in [7, 11) is 0. The Labute approximate surface area is 128 Å². The van der Waals surface area contributed by atoms with Crippen LogP contribution in [0.2, 0.25) is 0 Å². The molecule has 1 aliphatic heterocycles. The molecule has 0 saturated carbocycles. The molecule has 1 fully saturated rings. The van der Waals surface area contributed by atoms with Crippen molar-refractivity contribution in [2.24, 2.45) is 0 Å². The molecular formula is C10H14FN2O7PS. The number of aliphatic hydroxyl groups is 1. The van der Waals surface area contributed by atoms with Crippen molar-refractivity contribution in [1.82, 2.24) is 9.55 Å². The minimum atomic E-state index is -4.23. The Hall–Kier alpha value is -0.940. The molecule has 1 aromatic heterocycles. The first kappa shape index (κ1) is 17.4. The smallest absolute Gasteiger partial charge is 0.330 e. The van der Waals surface area contributed by atoms with Crippen molar-refractivity contribution in [3.63, 3.8) is 0 Å². The molecule has 0 aliphatic carbocycles. The highest BCUT2D eigenvalue weighted by molar-refractivity contribution is 8.06. The molecule has 0 amide bonds. The third-order valence-electron chi connectivity index (χ3n) is 3.22. The Balaban J connectivity index is 2.44. The Morgan fingerprint density at radius 1 is 1.59 bits per heavy atom. The maximum atomic E-state index is 15.0. The van der Waals surface area contributed by atoms with E-state index in [-0.39, 0.29) is 0 Å². The lowest BCUT2D eigenvalue weighted by Gasteiger charge is -2.28. The average Bonchev–Trinajstić information content (AvgIpc) is 2.60. The van der Waals surface area contributed by atoms with Crippen LogP contribution < -0.4 is 11.2 Å². The van der Waals surface area contributed by atoms with Crippen molar-refractivity contribution >= 4 is 18.5 Å². The molecule has 22 heavy (non-hydrogen) atoms. The SMILES string of the molecule is C[C@@]1(F)[C@H](OP(O)(O)=S)[C@@H](CO)O[C@H]1n1ccc(=O)[nH]c1=O. The average molecular weight is 356 g/mol. The van der Waals surface area contributed by atoms with Crippen LogP contribution in [0.4, 0.5) is 4.39 Å². The van der Waals surface area contributed by atoms with Crippen molar-refractivity contribution in [3.8, 4) is 0 Å². The Kier molecular flexibility index (Phi) is 4.69. The third-order valence-corrected chi connectivity index (χ3v) is 3.98. The number of aliphatic hydroxyl groups excluding tert-OH is 1. The van der Waals surface area contributed by atoms with Gasteiger partial charge in [-0.1, -0.05) is 0 Å². The van der Waals surface area contributed by atoms with E-state index < -0.39 is 48.7 Å². The molecule has 2 heterocycles. The fraction of sp³-hybridized carbons (Fsp3) is 0.600. The summed E-state index contributed by atoms with van der Waals surface area (Å²) in [5.41, 5.74) is -4.02. The number of halogens is 1. The number of hydrogen-bond acceptors (Lipinski definition) is 6. The molecular weight excluding hydrogens is 342 g/mol. The van der Waals surface area contributed by atoms with Gasteiger partial charge in [-0.2, -0.15) is 0 Å². The van der Waals surface area contributed by atoms with Crippen LogP contribution >= 0.6 is 6.72 Å². The van der Waals surface area contributed by atoms with Gasteiger partial charge in [-0.25, -0.2) is 9.18 Å². The highest BCUT2D eigenvalue weighted by Crippen LogP contribution is 2.49. The lowest BCUT2D eigenvalue weighted by Crippen LogP contribution is -2.44. The molecule has 4 N–H and O–H groups in total. The van der Waals surface area contributed by atoms with Gasteiger partial charge < -0.3 is 19.6 Å². The third kappa shape index (κ3) is 3.35. The van der Waals surface area contributed by atoms with E-state index in [1.165, 1.54) is 0 Å². The van der Waals surface area contributed by atoms with Crippen LogP contribution in [0.3, 0.4) is 0 Å². The molecule has 1 aliphatic rings. The summed E-state index contributed by atoms with van der Waals surface area (Å²) in [4.78, 5) is 43.2. The zero-order valence-electron chi connectivity index (χ0n) is 11.2. The fourth-order valence-electron chi connectivity index (χ4n) is 2.28. The molecule has 9 nitrogen and oxygen atoms in total. The normalized spacial score (nSPS) is 32.3. The summed E-state index contributed by atoms with van der Waals surface area (Å²) in [5, 5.41) is 9.24. The van der Waals surface area contributed by atoms with Crippen LogP contribution in [0.25, 0.3) is 0 Å². The van der Waals surface area contributed by atoms with Crippen molar-refractivity contribution in [2.45, 2.75) is 31.0 Å². The second-order valence-electron chi connectivity index (χ2n) is 4.89. The number of nitrogens with one attached hydrogen (secondary N) is 1. The van der Waals surface area contributed by atoms with Crippen LogP contribution in [0, 0.1) is 0 Å². The van der Waals surface area contributed by atoms with E-state index >= 15 is 4.39 Å². The number of aromatic amines is 1. The topological polar surface area (TPSA) is 134 Å². The maximum Gasteiger partial charge on any atom is 0.330 e. The molecule has 2 rings (SSSR count). The summed E-state index contributed by atoms with van der Waals surface area (Å²) in [6.45, 7) is -3.93. The fourth-order valence-corrected chi connectivity index (χ4v) is 3.20. The van der Waals surface area contributed by atoms with Crippen LogP contribution in [0.1, 0.15) is 13.2 Å². The molecule has 124 valence electrons. The summed E-state index contributed by atoms with van der Waals surface area (Å²) < 4.78 is 25.7. The van der Waals surface area contributed by atoms with Crippen LogP contribution in [-0.2, 0) is 21.1 Å². The van der Waals surface area contributed by atoms with Gasteiger partial charge in [0, 0.05) is 12.3 Å². The molecule has 1 saturated heterocycles. The first-order valence-electron chi connectivity index (χ1n) is 6.07. The van der Waals surface area contributed by atoms with Gasteiger partial charge in [-0.3, -0.25) is 18.9 Å². The van der Waals surface area contributed by atoms with E-state index in [4.69, 9.17) is 9.26 Å². The lowest BCUT2D eigenvalue weighted by molar-refractivity contribution is -0.0611. The molecule has 0 bridgehead atoms. The van der Waals surface area contributed by atoms with Gasteiger partial charge in [-0.15, -0.1) is 0 Å². The molecule has 0 radical (unpaired) electrons. The minimum Gasteiger partial charge on any atom is -0.394 e. The standard InChI is InChI=1S/C10H14FN2O7PS/c1-10(11)7(20-21(17,18)22)5(4-14)19-8(10)13-3-2-6(15)12-9(13)16/h2-3,5,7-8,14H,4H2,1H3,(H,12,15,16)(H2,17,18,22)/t5-,7-,8-,10-/m1/s1. The number of nitrogens with zero attached hydrogens (tertiary/aromatic N) is 1. The molecule has 4 atom stereocenters. The summed E-state index contributed by atoms with van der Waals surface area (Å²) >= 11 is 4.30. The highest BCUT2D eigenvalue weighted by Gasteiger charge is 2.57. The zero-order chi connectivity index (χ0) is 16.7. The lowest BCUT2D eigenvalue weighted by atomic mass is 9.98. The van der Waals surface area contributed by atoms with E-state index in [0.29, 0.717) is 0 Å². The first-order chi connectivity index (χ1) is 10.1. The predicted octanol–water partition coefficient (Wildman–Crippen LogP) is -1.25. The number of hydrogen-bond donors (Lipinski definition) is 4. The maximum absolute atomic E-state index is 15.0. The number of rotatable bonds is 4. The minimum absolute atomic E-state index is 0.674. The quantitative estimate of drug-likeness (QED) is 0.492. The molecule has 0 aromatic carbocycles. The number of H-pyrrole nitrogens is 1. The monoisotopic (exact) mass is 356 g/mol. The number of aromatic nitrogens is 2. The Morgan fingerprint density at radius 2 is 2.23 bits per heavy atom. The van der Waals surface area contributed by atoms with E-state index in [9.17, 15) is 24.5 Å². The predicted molar refractivity (Wildman–Crippen MR) is 75.4 cm³/mol. The van der Waals surface area contributed by atoms with Crippen molar-refractivity contribution in [3.05, 3.63) is 33.1 Å². The largest absolute Gasteiger partial charge is 0.394 e. The van der Waals surface area contributed by atoms with E-state index in [1.807, 2.05) is 4.98 Å². The van der Waals surface area contributed by atoms with E-state index in [1.54, 1.807) is 0 Å². The molecule has 0 spiro atoms. The van der Waals surface area contributed by atoms with Crippen molar-refractivity contribution < 1.29 is 28.5 Å². The Bertz CT molecular complexity index is 714. The summed E-state index contributed by atoms with van der Waals surface area (Å²) in [6.07, 6.45) is -3.42. The molecule has 1 aromatic rings. The van der Waals surface area contributed by atoms with E-state index in [0.717, 1.165) is 23.8 Å². The Morgan fingerprint density at radius 3 is 2.73 bits per heavy atom.